The van der Waals surface area contributed by atoms with Gasteiger partial charge in [0.05, 0.1) is 4.92 Å². The first kappa shape index (κ1) is 20.2. The number of nitrogens with zero attached hydrogens (tertiary/aromatic N) is 2. The number of rotatable bonds is 9. The molecule has 0 heterocycles. The van der Waals surface area contributed by atoms with Gasteiger partial charge in [-0.15, -0.1) is 0 Å². The molecule has 27 heavy (non-hydrogen) atoms. The van der Waals surface area contributed by atoms with Gasteiger partial charge in [-0.25, -0.2) is 0 Å². The van der Waals surface area contributed by atoms with Crippen molar-refractivity contribution in [3.63, 3.8) is 0 Å². The molecule has 1 amide bonds. The maximum Gasteiger partial charge on any atom is 0.293 e. The zero-order valence-electron chi connectivity index (χ0n) is 15.7. The summed E-state index contributed by atoms with van der Waals surface area (Å²) in [5, 5.41) is 16.6. The van der Waals surface area contributed by atoms with Crippen LogP contribution >= 0.6 is 0 Å². The Kier molecular flexibility index (Phi) is 7.13. The van der Waals surface area contributed by atoms with Gasteiger partial charge >= 0.3 is 0 Å². The number of likely N-dealkylation sites (N-methyl/N-ethyl adjacent to an activating group) is 1. The number of carbonyl (C=O) groups excluding carboxylic acids is 1. The number of ether oxygens (including phenoxy) is 1. The van der Waals surface area contributed by atoms with E-state index in [-0.39, 0.29) is 17.2 Å². The highest BCUT2D eigenvalue weighted by Crippen LogP contribution is 2.25. The third-order valence-corrected chi connectivity index (χ3v) is 3.88. The monoisotopic (exact) mass is 372 g/mol. The van der Waals surface area contributed by atoms with Gasteiger partial charge in [0.25, 0.3) is 11.6 Å². The van der Waals surface area contributed by atoms with Crippen molar-refractivity contribution in [2.24, 2.45) is 0 Å². The van der Waals surface area contributed by atoms with E-state index in [0.29, 0.717) is 18.8 Å². The fourth-order valence-electron chi connectivity index (χ4n) is 2.41. The lowest BCUT2D eigenvalue weighted by Gasteiger charge is -2.12. The zero-order valence-corrected chi connectivity index (χ0v) is 15.7. The molecule has 0 saturated carbocycles. The predicted octanol–water partition coefficient (Wildman–Crippen LogP) is 2.51. The molecule has 0 aliphatic heterocycles. The van der Waals surface area contributed by atoms with Gasteiger partial charge in [0.1, 0.15) is 18.0 Å². The van der Waals surface area contributed by atoms with Crippen LogP contribution < -0.4 is 15.4 Å². The number of amides is 1. The maximum atomic E-state index is 12.3. The Morgan fingerprint density at radius 1 is 1.22 bits per heavy atom. The van der Waals surface area contributed by atoms with Gasteiger partial charge in [0, 0.05) is 31.8 Å². The summed E-state index contributed by atoms with van der Waals surface area (Å²) in [5.74, 6) is 0.359. The summed E-state index contributed by atoms with van der Waals surface area (Å²) in [6, 6.07) is 11.8. The van der Waals surface area contributed by atoms with E-state index in [4.69, 9.17) is 4.74 Å². The van der Waals surface area contributed by atoms with Crippen molar-refractivity contribution in [3.8, 4) is 5.75 Å². The number of nitrogens with one attached hydrogen (secondary N) is 2. The standard InChI is InChI=1S/C19H24N4O4/c1-20-17-8-7-15(12-18(17)23(25)26)19(24)21-13-14-5-4-6-16(11-14)27-10-9-22(2)3/h4-8,11-12,20H,9-10,13H2,1-3H3,(H,21,24). The van der Waals surface area contributed by atoms with E-state index in [1.807, 2.05) is 43.3 Å². The minimum atomic E-state index is -0.517. The highest BCUT2D eigenvalue weighted by atomic mass is 16.6. The average Bonchev–Trinajstić information content (AvgIpc) is 2.65. The van der Waals surface area contributed by atoms with Crippen molar-refractivity contribution in [3.05, 3.63) is 63.7 Å². The van der Waals surface area contributed by atoms with Gasteiger partial charge in [-0.2, -0.15) is 0 Å². The van der Waals surface area contributed by atoms with E-state index >= 15 is 0 Å². The first-order valence-corrected chi connectivity index (χ1v) is 8.51. The average molecular weight is 372 g/mol. The number of nitro benzene ring substituents is 1. The second kappa shape index (κ2) is 9.54. The first-order chi connectivity index (χ1) is 12.9. The topological polar surface area (TPSA) is 96.7 Å². The number of anilines is 1. The van der Waals surface area contributed by atoms with E-state index in [0.717, 1.165) is 17.9 Å². The molecule has 0 atom stereocenters. The van der Waals surface area contributed by atoms with E-state index in [1.54, 1.807) is 13.1 Å². The van der Waals surface area contributed by atoms with Crippen LogP contribution in [0.5, 0.6) is 5.75 Å². The van der Waals surface area contributed by atoms with Gasteiger partial charge in [0.2, 0.25) is 0 Å². The van der Waals surface area contributed by atoms with Crippen LogP contribution in [0.15, 0.2) is 42.5 Å². The van der Waals surface area contributed by atoms with Gasteiger partial charge < -0.3 is 20.3 Å². The molecule has 0 spiro atoms. The normalized spacial score (nSPS) is 10.5. The van der Waals surface area contributed by atoms with Crippen LogP contribution in [0.2, 0.25) is 0 Å². The molecule has 0 fully saturated rings. The molecule has 2 N–H and O–H groups in total. The molecule has 0 aromatic heterocycles. The minimum Gasteiger partial charge on any atom is -0.492 e. The fraction of sp³-hybridized carbons (Fsp3) is 0.316. The second-order valence-electron chi connectivity index (χ2n) is 6.22. The summed E-state index contributed by atoms with van der Waals surface area (Å²) < 4.78 is 5.68. The van der Waals surface area contributed by atoms with E-state index < -0.39 is 4.92 Å². The van der Waals surface area contributed by atoms with E-state index in [9.17, 15) is 14.9 Å². The van der Waals surface area contributed by atoms with Crippen LogP contribution in [0, 0.1) is 10.1 Å². The van der Waals surface area contributed by atoms with Crippen LogP contribution in [0.4, 0.5) is 11.4 Å². The molecule has 2 aromatic rings. The Labute approximate surface area is 158 Å². The molecule has 0 aliphatic carbocycles. The minimum absolute atomic E-state index is 0.138. The summed E-state index contributed by atoms with van der Waals surface area (Å²) >= 11 is 0. The molecular formula is C19H24N4O4. The predicted molar refractivity (Wildman–Crippen MR) is 104 cm³/mol. The van der Waals surface area contributed by atoms with Crippen molar-refractivity contribution < 1.29 is 14.5 Å². The number of hydrogen-bond acceptors (Lipinski definition) is 6. The van der Waals surface area contributed by atoms with Crippen molar-refractivity contribution >= 4 is 17.3 Å². The lowest BCUT2D eigenvalue weighted by Crippen LogP contribution is -2.23. The zero-order chi connectivity index (χ0) is 19.8. The molecule has 0 saturated heterocycles. The summed E-state index contributed by atoms with van der Waals surface area (Å²) in [7, 11) is 5.54. The molecule has 2 rings (SSSR count). The Bertz CT molecular complexity index is 808. The molecule has 8 nitrogen and oxygen atoms in total. The first-order valence-electron chi connectivity index (χ1n) is 8.51. The van der Waals surface area contributed by atoms with Crippen molar-refractivity contribution in [1.29, 1.82) is 0 Å². The third kappa shape index (κ3) is 5.96. The smallest absolute Gasteiger partial charge is 0.293 e. The third-order valence-electron chi connectivity index (χ3n) is 3.88. The van der Waals surface area contributed by atoms with Crippen LogP contribution in [0.3, 0.4) is 0 Å². The molecule has 144 valence electrons. The molecule has 0 aliphatic rings. The molecule has 2 aromatic carbocycles. The van der Waals surface area contributed by atoms with E-state index in [2.05, 4.69) is 10.6 Å². The van der Waals surface area contributed by atoms with E-state index in [1.165, 1.54) is 12.1 Å². The van der Waals surface area contributed by atoms with Crippen LogP contribution in [0.1, 0.15) is 15.9 Å². The molecule has 0 bridgehead atoms. The van der Waals surface area contributed by atoms with Gasteiger partial charge in [0.15, 0.2) is 0 Å². The Balaban J connectivity index is 1.99. The Hall–Kier alpha value is -3.13. The summed E-state index contributed by atoms with van der Waals surface area (Å²) in [4.78, 5) is 25.0. The fourth-order valence-corrected chi connectivity index (χ4v) is 2.41. The van der Waals surface area contributed by atoms with Crippen LogP contribution in [-0.2, 0) is 6.54 Å². The maximum absolute atomic E-state index is 12.3. The Morgan fingerprint density at radius 2 is 2.00 bits per heavy atom. The molecule has 0 unspecified atom stereocenters. The molecule has 0 radical (unpaired) electrons. The highest BCUT2D eigenvalue weighted by molar-refractivity contribution is 5.95. The quantitative estimate of drug-likeness (QED) is 0.519. The molecule has 8 heteroatoms. The van der Waals surface area contributed by atoms with Crippen LogP contribution in [0.25, 0.3) is 0 Å². The van der Waals surface area contributed by atoms with Gasteiger partial charge in [-0.3, -0.25) is 14.9 Å². The summed E-state index contributed by atoms with van der Waals surface area (Å²) in [6.45, 7) is 1.68. The van der Waals surface area contributed by atoms with Crippen molar-refractivity contribution in [1.82, 2.24) is 10.2 Å². The van der Waals surface area contributed by atoms with Gasteiger partial charge in [-0.05, 0) is 43.9 Å². The Morgan fingerprint density at radius 3 is 2.67 bits per heavy atom. The largest absolute Gasteiger partial charge is 0.492 e. The SMILES string of the molecule is CNc1ccc(C(=O)NCc2cccc(OCCN(C)C)c2)cc1[N+](=O)[O-]. The number of carbonyl (C=O) groups is 1. The summed E-state index contributed by atoms with van der Waals surface area (Å²) in [6.07, 6.45) is 0. The summed E-state index contributed by atoms with van der Waals surface area (Å²) in [5.41, 5.74) is 1.34. The lowest BCUT2D eigenvalue weighted by atomic mass is 10.1. The molecular weight excluding hydrogens is 348 g/mol. The van der Waals surface area contributed by atoms with Gasteiger partial charge in [-0.1, -0.05) is 12.1 Å². The van der Waals surface area contributed by atoms with Crippen molar-refractivity contribution in [2.75, 3.05) is 39.6 Å². The van der Waals surface area contributed by atoms with Crippen molar-refractivity contribution in [2.45, 2.75) is 6.54 Å². The highest BCUT2D eigenvalue weighted by Gasteiger charge is 2.16. The number of benzene rings is 2. The lowest BCUT2D eigenvalue weighted by molar-refractivity contribution is -0.384. The number of nitro groups is 1. The second-order valence-corrected chi connectivity index (χ2v) is 6.22. The van der Waals surface area contributed by atoms with Crippen LogP contribution in [-0.4, -0.2) is 50.0 Å². The number of hydrogen-bond donors (Lipinski definition) is 2.